The average molecular weight is 320 g/mol. The van der Waals surface area contributed by atoms with Gasteiger partial charge in [0.15, 0.2) is 17.7 Å². The van der Waals surface area contributed by atoms with E-state index >= 15 is 0 Å². The number of nitrogens with one attached hydrogen (secondary N) is 1. The van der Waals surface area contributed by atoms with Crippen LogP contribution in [0.25, 0.3) is 0 Å². The first-order valence-corrected chi connectivity index (χ1v) is 8.41. The summed E-state index contributed by atoms with van der Waals surface area (Å²) in [5, 5.41) is 2.79. The molecular weight excluding hydrogens is 296 g/mol. The van der Waals surface area contributed by atoms with E-state index in [-0.39, 0.29) is 12.5 Å². The van der Waals surface area contributed by atoms with Gasteiger partial charge >= 0.3 is 0 Å². The Labute approximate surface area is 136 Å². The highest BCUT2D eigenvalue weighted by Gasteiger charge is 2.24. The van der Waals surface area contributed by atoms with Crippen molar-refractivity contribution in [2.24, 2.45) is 5.92 Å². The third-order valence-electron chi connectivity index (χ3n) is 4.32. The highest BCUT2D eigenvalue weighted by molar-refractivity contribution is 5.94. The summed E-state index contributed by atoms with van der Waals surface area (Å²) in [6.07, 6.45) is 7.38. The first kappa shape index (κ1) is 16.2. The molecule has 1 saturated carbocycles. The molecule has 6 heteroatoms. The maximum atomic E-state index is 12.2. The smallest absolute Gasteiger partial charge is 0.257 e. The molecule has 1 N–H and O–H groups in total. The fraction of sp³-hybridized carbons (Fsp3) is 0.647. The number of rotatable bonds is 5. The predicted octanol–water partition coefficient (Wildman–Crippen LogP) is 2.39. The Kier molecular flexibility index (Phi) is 5.82. The van der Waals surface area contributed by atoms with Crippen LogP contribution >= 0.6 is 0 Å². The Balaban J connectivity index is 1.57. The molecule has 0 spiro atoms. The fourth-order valence-electron chi connectivity index (χ4n) is 3.00. The van der Waals surface area contributed by atoms with Gasteiger partial charge < -0.3 is 19.5 Å². The number of pyridine rings is 1. The van der Waals surface area contributed by atoms with Crippen LogP contribution in [0.1, 0.15) is 32.1 Å². The van der Waals surface area contributed by atoms with Crippen molar-refractivity contribution in [3.8, 4) is 5.75 Å². The van der Waals surface area contributed by atoms with Crippen LogP contribution in [-0.4, -0.2) is 43.4 Å². The van der Waals surface area contributed by atoms with Gasteiger partial charge in [0, 0.05) is 6.20 Å². The molecular formula is C17H24N2O4. The monoisotopic (exact) mass is 320 g/mol. The topological polar surface area (TPSA) is 69.7 Å². The first-order chi connectivity index (χ1) is 11.3. The van der Waals surface area contributed by atoms with Crippen LogP contribution in [0, 0.1) is 5.92 Å². The number of hydrogen-bond acceptors (Lipinski definition) is 5. The number of anilines is 1. The standard InChI is InChI=1S/C17H24N2O4/c20-17(15-12-21-9-10-22-15)19-16-14(7-4-8-18-16)23-11-13-5-2-1-3-6-13/h4,7-8,13,15H,1-3,5-6,9-12H2,(H,18,19,20). The lowest BCUT2D eigenvalue weighted by atomic mass is 9.90. The maximum Gasteiger partial charge on any atom is 0.257 e. The van der Waals surface area contributed by atoms with Crippen LogP contribution in [0.15, 0.2) is 18.3 Å². The van der Waals surface area contributed by atoms with Crippen LogP contribution in [-0.2, 0) is 14.3 Å². The molecule has 1 saturated heterocycles. The molecule has 1 atom stereocenters. The molecule has 0 bridgehead atoms. The largest absolute Gasteiger partial charge is 0.489 e. The van der Waals surface area contributed by atoms with E-state index in [1.807, 2.05) is 12.1 Å². The summed E-state index contributed by atoms with van der Waals surface area (Å²) in [7, 11) is 0. The zero-order valence-electron chi connectivity index (χ0n) is 13.3. The highest BCUT2D eigenvalue weighted by Crippen LogP contribution is 2.27. The van der Waals surface area contributed by atoms with Crippen LogP contribution < -0.4 is 10.1 Å². The van der Waals surface area contributed by atoms with Gasteiger partial charge in [0.2, 0.25) is 0 Å². The third-order valence-corrected chi connectivity index (χ3v) is 4.32. The number of ether oxygens (including phenoxy) is 3. The van der Waals surface area contributed by atoms with E-state index in [4.69, 9.17) is 14.2 Å². The molecule has 2 fully saturated rings. The van der Waals surface area contributed by atoms with E-state index in [1.165, 1.54) is 32.1 Å². The molecule has 1 aliphatic heterocycles. The zero-order valence-corrected chi connectivity index (χ0v) is 13.3. The summed E-state index contributed by atoms with van der Waals surface area (Å²) < 4.78 is 16.6. The van der Waals surface area contributed by atoms with Gasteiger partial charge in [0.05, 0.1) is 26.4 Å². The minimum Gasteiger partial charge on any atom is -0.489 e. The van der Waals surface area contributed by atoms with Crippen molar-refractivity contribution in [1.29, 1.82) is 0 Å². The molecule has 2 aliphatic rings. The fourth-order valence-corrected chi connectivity index (χ4v) is 3.00. The second kappa shape index (κ2) is 8.26. The number of hydrogen-bond donors (Lipinski definition) is 1. The van der Waals surface area contributed by atoms with Crippen molar-refractivity contribution in [2.45, 2.75) is 38.2 Å². The number of carbonyl (C=O) groups is 1. The average Bonchev–Trinajstić information content (AvgIpc) is 2.62. The van der Waals surface area contributed by atoms with Gasteiger partial charge in [-0.3, -0.25) is 4.79 Å². The first-order valence-electron chi connectivity index (χ1n) is 8.41. The molecule has 1 aromatic heterocycles. The zero-order chi connectivity index (χ0) is 15.9. The quantitative estimate of drug-likeness (QED) is 0.902. The van der Waals surface area contributed by atoms with E-state index in [1.54, 1.807) is 6.20 Å². The lowest BCUT2D eigenvalue weighted by Crippen LogP contribution is -2.39. The van der Waals surface area contributed by atoms with Gasteiger partial charge in [0.1, 0.15) is 0 Å². The summed E-state index contributed by atoms with van der Waals surface area (Å²) >= 11 is 0. The van der Waals surface area contributed by atoms with Gasteiger partial charge in [-0.15, -0.1) is 0 Å². The van der Waals surface area contributed by atoms with Crippen LogP contribution in [0.2, 0.25) is 0 Å². The molecule has 0 radical (unpaired) electrons. The lowest BCUT2D eigenvalue weighted by Gasteiger charge is -2.23. The number of carbonyl (C=O) groups excluding carboxylic acids is 1. The predicted molar refractivity (Wildman–Crippen MR) is 85.5 cm³/mol. The van der Waals surface area contributed by atoms with Crippen molar-refractivity contribution in [2.75, 3.05) is 31.7 Å². The van der Waals surface area contributed by atoms with Gasteiger partial charge in [-0.05, 0) is 30.9 Å². The Morgan fingerprint density at radius 1 is 1.30 bits per heavy atom. The van der Waals surface area contributed by atoms with Crippen LogP contribution in [0.5, 0.6) is 5.75 Å². The van der Waals surface area contributed by atoms with Crippen molar-refractivity contribution >= 4 is 11.7 Å². The molecule has 0 aromatic carbocycles. The normalized spacial score (nSPS) is 22.5. The van der Waals surface area contributed by atoms with Crippen molar-refractivity contribution in [1.82, 2.24) is 4.98 Å². The van der Waals surface area contributed by atoms with Gasteiger partial charge in [0.25, 0.3) is 5.91 Å². The van der Waals surface area contributed by atoms with Crippen molar-refractivity contribution in [3.05, 3.63) is 18.3 Å². The second-order valence-electron chi connectivity index (χ2n) is 6.09. The molecule has 126 valence electrons. The molecule has 2 heterocycles. The maximum absolute atomic E-state index is 12.2. The van der Waals surface area contributed by atoms with Crippen LogP contribution in [0.3, 0.4) is 0 Å². The third kappa shape index (κ3) is 4.65. The highest BCUT2D eigenvalue weighted by atomic mass is 16.6. The molecule has 23 heavy (non-hydrogen) atoms. The van der Waals surface area contributed by atoms with E-state index in [0.717, 1.165) is 0 Å². The Morgan fingerprint density at radius 3 is 2.96 bits per heavy atom. The molecule has 1 amide bonds. The summed E-state index contributed by atoms with van der Waals surface area (Å²) in [6.45, 7) is 1.92. The number of aromatic nitrogens is 1. The Hall–Kier alpha value is -1.66. The van der Waals surface area contributed by atoms with E-state index < -0.39 is 6.10 Å². The molecule has 1 aliphatic carbocycles. The summed E-state index contributed by atoms with van der Waals surface area (Å²) in [4.78, 5) is 16.4. The second-order valence-corrected chi connectivity index (χ2v) is 6.09. The van der Waals surface area contributed by atoms with E-state index in [0.29, 0.717) is 37.3 Å². The van der Waals surface area contributed by atoms with Gasteiger partial charge in [-0.2, -0.15) is 0 Å². The summed E-state index contributed by atoms with van der Waals surface area (Å²) in [5.74, 6) is 1.42. The van der Waals surface area contributed by atoms with E-state index in [2.05, 4.69) is 10.3 Å². The molecule has 1 aromatic rings. The SMILES string of the molecule is O=C(Nc1ncccc1OCC1CCCCC1)C1COCCO1. The summed E-state index contributed by atoms with van der Waals surface area (Å²) in [5.41, 5.74) is 0. The minimum atomic E-state index is -0.586. The summed E-state index contributed by atoms with van der Waals surface area (Å²) in [6, 6.07) is 3.65. The van der Waals surface area contributed by atoms with Crippen LogP contribution in [0.4, 0.5) is 5.82 Å². The molecule has 3 rings (SSSR count). The van der Waals surface area contributed by atoms with E-state index in [9.17, 15) is 4.79 Å². The Morgan fingerprint density at radius 2 is 2.17 bits per heavy atom. The lowest BCUT2D eigenvalue weighted by molar-refractivity contribution is -0.142. The van der Waals surface area contributed by atoms with Crippen molar-refractivity contribution < 1.29 is 19.0 Å². The molecule has 1 unspecified atom stereocenters. The number of amides is 1. The molecule has 6 nitrogen and oxygen atoms in total. The van der Waals surface area contributed by atoms with Crippen molar-refractivity contribution in [3.63, 3.8) is 0 Å². The minimum absolute atomic E-state index is 0.245. The van der Waals surface area contributed by atoms with Gasteiger partial charge in [-0.1, -0.05) is 19.3 Å². The van der Waals surface area contributed by atoms with Gasteiger partial charge in [-0.25, -0.2) is 4.98 Å². The Bertz CT molecular complexity index is 511. The number of nitrogens with zero attached hydrogens (tertiary/aromatic N) is 1.